The van der Waals surface area contributed by atoms with Crippen LogP contribution in [0, 0.1) is 5.92 Å². The van der Waals surface area contributed by atoms with Gasteiger partial charge in [-0.05, 0) is 55.5 Å². The van der Waals surface area contributed by atoms with Crippen LogP contribution < -0.4 is 14.5 Å². The highest BCUT2D eigenvalue weighted by Crippen LogP contribution is 2.38. The summed E-state index contributed by atoms with van der Waals surface area (Å²) in [6.07, 6.45) is 4.67. The van der Waals surface area contributed by atoms with Crippen LogP contribution in [-0.4, -0.2) is 25.8 Å². The molecule has 2 aliphatic rings. The van der Waals surface area contributed by atoms with E-state index < -0.39 is 5.41 Å². The average Bonchev–Trinajstić information content (AvgIpc) is 3.51. The lowest BCUT2D eigenvalue weighted by Gasteiger charge is -2.32. The molecule has 0 saturated heterocycles. The van der Waals surface area contributed by atoms with Crippen LogP contribution in [0.25, 0.3) is 0 Å². The lowest BCUT2D eigenvalue weighted by Crippen LogP contribution is -2.40. The lowest BCUT2D eigenvalue weighted by atomic mass is 9.79. The van der Waals surface area contributed by atoms with Crippen molar-refractivity contribution in [3.05, 3.63) is 54.1 Å². The molecule has 1 atom stereocenters. The first-order valence-corrected chi connectivity index (χ1v) is 9.33. The van der Waals surface area contributed by atoms with Gasteiger partial charge in [-0.15, -0.1) is 0 Å². The third kappa shape index (κ3) is 3.68. The minimum absolute atomic E-state index is 0.0255. The van der Waals surface area contributed by atoms with Gasteiger partial charge in [0.05, 0.1) is 19.4 Å². The molecule has 1 heterocycles. The molecule has 0 aromatic heterocycles. The highest BCUT2D eigenvalue weighted by Gasteiger charge is 2.35. The van der Waals surface area contributed by atoms with Crippen LogP contribution in [0.1, 0.15) is 31.7 Å². The van der Waals surface area contributed by atoms with Crippen LogP contribution in [0.3, 0.4) is 0 Å². The number of methoxy groups -OCH3 is 1. The Balaban J connectivity index is 1.60. The quantitative estimate of drug-likeness (QED) is 0.773. The van der Waals surface area contributed by atoms with Gasteiger partial charge in [0.25, 0.3) is 0 Å². The molecule has 1 aliphatic carbocycles. The molecule has 4 rings (SSSR count). The SMILES string of the molecule is COc1ccc(C2(C)C=NN(c3ccccc3)C(=O)C2)cc1OCC1CC1. The molecule has 0 bridgehead atoms. The molecule has 1 fully saturated rings. The van der Waals surface area contributed by atoms with Gasteiger partial charge in [-0.1, -0.05) is 24.3 Å². The number of carbonyl (C=O) groups is 1. The Morgan fingerprint density at radius 2 is 1.93 bits per heavy atom. The molecular weight excluding hydrogens is 340 g/mol. The molecule has 0 spiro atoms. The average molecular weight is 364 g/mol. The van der Waals surface area contributed by atoms with Gasteiger partial charge < -0.3 is 9.47 Å². The third-order valence-electron chi connectivity index (χ3n) is 5.21. The van der Waals surface area contributed by atoms with E-state index in [4.69, 9.17) is 9.47 Å². The molecule has 1 saturated carbocycles. The summed E-state index contributed by atoms with van der Waals surface area (Å²) in [6.45, 7) is 2.74. The fourth-order valence-electron chi connectivity index (χ4n) is 3.28. The van der Waals surface area contributed by atoms with E-state index in [1.165, 1.54) is 17.9 Å². The second kappa shape index (κ2) is 7.06. The van der Waals surface area contributed by atoms with Crippen molar-refractivity contribution >= 4 is 17.8 Å². The molecular formula is C22H24N2O3. The third-order valence-corrected chi connectivity index (χ3v) is 5.21. The van der Waals surface area contributed by atoms with Gasteiger partial charge in [0.2, 0.25) is 5.91 Å². The number of carbonyl (C=O) groups excluding carboxylic acids is 1. The second-order valence-electron chi connectivity index (χ2n) is 7.50. The Kier molecular flexibility index (Phi) is 4.60. The standard InChI is InChI=1S/C22H24N2O3/c1-22(13-21(25)24(23-15-22)18-6-4-3-5-7-18)17-10-11-19(26-2)20(12-17)27-14-16-8-9-16/h3-7,10-12,15-16H,8-9,13-14H2,1-2H3. The van der Waals surface area contributed by atoms with Crippen LogP contribution in [0.4, 0.5) is 5.69 Å². The largest absolute Gasteiger partial charge is 0.493 e. The van der Waals surface area contributed by atoms with Crippen molar-refractivity contribution < 1.29 is 14.3 Å². The first-order valence-electron chi connectivity index (χ1n) is 9.33. The monoisotopic (exact) mass is 364 g/mol. The normalized spacial score (nSPS) is 22.0. The molecule has 0 radical (unpaired) electrons. The molecule has 1 amide bonds. The van der Waals surface area contributed by atoms with Crippen molar-refractivity contribution in [3.63, 3.8) is 0 Å². The molecule has 1 unspecified atom stereocenters. The van der Waals surface area contributed by atoms with Crippen molar-refractivity contribution in [3.8, 4) is 11.5 Å². The summed E-state index contributed by atoms with van der Waals surface area (Å²) < 4.78 is 11.4. The smallest absolute Gasteiger partial charge is 0.248 e. The number of hydrazone groups is 1. The Morgan fingerprint density at radius 1 is 1.15 bits per heavy atom. The summed E-state index contributed by atoms with van der Waals surface area (Å²) >= 11 is 0. The molecule has 5 heteroatoms. The summed E-state index contributed by atoms with van der Waals surface area (Å²) in [5.41, 5.74) is 1.30. The summed E-state index contributed by atoms with van der Waals surface area (Å²) in [6, 6.07) is 15.4. The number of hydrogen-bond acceptors (Lipinski definition) is 4. The van der Waals surface area contributed by atoms with Crippen molar-refractivity contribution in [1.82, 2.24) is 0 Å². The van der Waals surface area contributed by atoms with Crippen LogP contribution in [0.15, 0.2) is 53.6 Å². The van der Waals surface area contributed by atoms with Gasteiger partial charge in [0.1, 0.15) is 0 Å². The number of ether oxygens (including phenoxy) is 2. The Labute approximate surface area is 159 Å². The zero-order chi connectivity index (χ0) is 18.9. The van der Waals surface area contributed by atoms with Crippen LogP contribution >= 0.6 is 0 Å². The minimum Gasteiger partial charge on any atom is -0.493 e. The molecule has 2 aromatic carbocycles. The number of benzene rings is 2. The second-order valence-corrected chi connectivity index (χ2v) is 7.50. The number of para-hydroxylation sites is 1. The molecule has 1 aliphatic heterocycles. The highest BCUT2D eigenvalue weighted by atomic mass is 16.5. The Morgan fingerprint density at radius 3 is 2.59 bits per heavy atom. The van der Waals surface area contributed by atoms with Crippen LogP contribution in [0.5, 0.6) is 11.5 Å². The first kappa shape index (κ1) is 17.6. The number of amides is 1. The van der Waals surface area contributed by atoms with E-state index in [2.05, 4.69) is 5.10 Å². The van der Waals surface area contributed by atoms with E-state index in [1.54, 1.807) is 7.11 Å². The van der Waals surface area contributed by atoms with Gasteiger partial charge in [-0.2, -0.15) is 5.10 Å². The number of nitrogens with zero attached hydrogens (tertiary/aromatic N) is 2. The van der Waals surface area contributed by atoms with Crippen molar-refractivity contribution in [2.24, 2.45) is 11.0 Å². The van der Waals surface area contributed by atoms with Gasteiger partial charge in [-0.25, -0.2) is 5.01 Å². The van der Waals surface area contributed by atoms with E-state index in [-0.39, 0.29) is 5.91 Å². The predicted molar refractivity (Wildman–Crippen MR) is 106 cm³/mol. The van der Waals surface area contributed by atoms with E-state index in [9.17, 15) is 4.79 Å². The molecule has 2 aromatic rings. The van der Waals surface area contributed by atoms with Gasteiger partial charge in [0, 0.05) is 18.1 Å². The summed E-state index contributed by atoms with van der Waals surface area (Å²) in [4.78, 5) is 12.8. The zero-order valence-electron chi connectivity index (χ0n) is 15.7. The van der Waals surface area contributed by atoms with Gasteiger partial charge in [0.15, 0.2) is 11.5 Å². The topological polar surface area (TPSA) is 51.1 Å². The van der Waals surface area contributed by atoms with Gasteiger partial charge >= 0.3 is 0 Å². The minimum atomic E-state index is -0.480. The summed E-state index contributed by atoms with van der Waals surface area (Å²) in [5.74, 6) is 2.08. The molecule has 5 nitrogen and oxygen atoms in total. The fourth-order valence-corrected chi connectivity index (χ4v) is 3.28. The zero-order valence-corrected chi connectivity index (χ0v) is 15.7. The van der Waals surface area contributed by atoms with Gasteiger partial charge in [-0.3, -0.25) is 4.79 Å². The lowest BCUT2D eigenvalue weighted by molar-refractivity contribution is -0.119. The van der Waals surface area contributed by atoms with E-state index in [1.807, 2.05) is 61.7 Å². The maximum atomic E-state index is 12.8. The summed E-state index contributed by atoms with van der Waals surface area (Å²) in [7, 11) is 1.64. The molecule has 27 heavy (non-hydrogen) atoms. The Hall–Kier alpha value is -2.82. The van der Waals surface area contributed by atoms with Crippen molar-refractivity contribution in [2.45, 2.75) is 31.6 Å². The van der Waals surface area contributed by atoms with E-state index in [0.29, 0.717) is 24.7 Å². The number of rotatable bonds is 6. The van der Waals surface area contributed by atoms with E-state index in [0.717, 1.165) is 17.0 Å². The fraction of sp³-hybridized carbons (Fsp3) is 0.364. The maximum Gasteiger partial charge on any atom is 0.248 e. The van der Waals surface area contributed by atoms with Crippen LogP contribution in [-0.2, 0) is 10.2 Å². The maximum absolute atomic E-state index is 12.8. The summed E-state index contributed by atoms with van der Waals surface area (Å²) in [5, 5.41) is 5.92. The number of anilines is 1. The van der Waals surface area contributed by atoms with Crippen LogP contribution in [0.2, 0.25) is 0 Å². The van der Waals surface area contributed by atoms with Crippen molar-refractivity contribution in [1.29, 1.82) is 0 Å². The molecule has 140 valence electrons. The molecule has 0 N–H and O–H groups in total. The van der Waals surface area contributed by atoms with E-state index >= 15 is 0 Å². The predicted octanol–water partition coefficient (Wildman–Crippen LogP) is 4.16. The van der Waals surface area contributed by atoms with Crippen molar-refractivity contribution in [2.75, 3.05) is 18.7 Å². The highest BCUT2D eigenvalue weighted by molar-refractivity contribution is 6.00. The Bertz CT molecular complexity index is 861. The first-order chi connectivity index (χ1) is 13.1. The number of hydrogen-bond donors (Lipinski definition) is 0.